The zero-order valence-corrected chi connectivity index (χ0v) is 14.9. The average Bonchev–Trinajstić information content (AvgIpc) is 3.12. The number of hydrogen-bond donors (Lipinski definition) is 0. The lowest BCUT2D eigenvalue weighted by Crippen LogP contribution is -2.26. The summed E-state index contributed by atoms with van der Waals surface area (Å²) in [6, 6.07) is 12.8. The van der Waals surface area contributed by atoms with E-state index < -0.39 is 0 Å². The maximum Gasteiger partial charge on any atom is 0.264 e. The standard InChI is InChI=1S/C21H23NOS/c1-3-15-22(2)21(23)20-14-13-19(24-20)18-11-9-17(10-12-18)16-7-5-4-6-8-16/h1,9-14,16H,4-8,15H2,2H3. The molecule has 1 heterocycles. The van der Waals surface area contributed by atoms with Crippen molar-refractivity contribution < 1.29 is 4.79 Å². The van der Waals surface area contributed by atoms with E-state index in [1.807, 2.05) is 12.1 Å². The number of carbonyl (C=O) groups excluding carboxylic acids is 1. The van der Waals surface area contributed by atoms with Crippen molar-refractivity contribution in [3.05, 3.63) is 46.8 Å². The van der Waals surface area contributed by atoms with Gasteiger partial charge in [-0.05, 0) is 42.0 Å². The Morgan fingerprint density at radius 1 is 1.17 bits per heavy atom. The molecule has 0 spiro atoms. The van der Waals surface area contributed by atoms with Crippen LogP contribution in [-0.2, 0) is 0 Å². The van der Waals surface area contributed by atoms with Crippen molar-refractivity contribution in [3.8, 4) is 22.8 Å². The van der Waals surface area contributed by atoms with Gasteiger partial charge in [-0.1, -0.05) is 49.4 Å². The topological polar surface area (TPSA) is 20.3 Å². The molecule has 0 aliphatic heterocycles. The quantitative estimate of drug-likeness (QED) is 0.705. The number of rotatable bonds is 4. The largest absolute Gasteiger partial charge is 0.330 e. The molecule has 1 aliphatic rings. The highest BCUT2D eigenvalue weighted by Gasteiger charge is 2.16. The highest BCUT2D eigenvalue weighted by atomic mass is 32.1. The first-order chi connectivity index (χ1) is 11.7. The van der Waals surface area contributed by atoms with Gasteiger partial charge in [-0.15, -0.1) is 17.8 Å². The highest BCUT2D eigenvalue weighted by molar-refractivity contribution is 7.17. The van der Waals surface area contributed by atoms with Crippen molar-refractivity contribution in [3.63, 3.8) is 0 Å². The summed E-state index contributed by atoms with van der Waals surface area (Å²) in [5.74, 6) is 3.22. The Morgan fingerprint density at radius 3 is 2.54 bits per heavy atom. The number of carbonyl (C=O) groups is 1. The number of benzene rings is 1. The molecule has 2 nitrogen and oxygen atoms in total. The molecule has 3 rings (SSSR count). The molecular formula is C21H23NOS. The van der Waals surface area contributed by atoms with Crippen LogP contribution in [0.2, 0.25) is 0 Å². The summed E-state index contributed by atoms with van der Waals surface area (Å²) in [6.45, 7) is 0.335. The molecule has 0 saturated heterocycles. The Balaban J connectivity index is 1.73. The van der Waals surface area contributed by atoms with Crippen molar-refractivity contribution in [2.24, 2.45) is 0 Å². The van der Waals surface area contributed by atoms with Crippen LogP contribution < -0.4 is 0 Å². The lowest BCUT2D eigenvalue weighted by Gasteiger charge is -2.22. The van der Waals surface area contributed by atoms with E-state index in [0.29, 0.717) is 6.54 Å². The van der Waals surface area contributed by atoms with Gasteiger partial charge in [-0.2, -0.15) is 0 Å². The fourth-order valence-electron chi connectivity index (χ4n) is 3.36. The van der Waals surface area contributed by atoms with Crippen molar-refractivity contribution in [2.45, 2.75) is 38.0 Å². The molecule has 0 bridgehead atoms. The van der Waals surface area contributed by atoms with Gasteiger partial charge in [-0.25, -0.2) is 0 Å². The average molecular weight is 337 g/mol. The number of amides is 1. The van der Waals surface area contributed by atoms with Crippen molar-refractivity contribution in [2.75, 3.05) is 13.6 Å². The van der Waals surface area contributed by atoms with E-state index in [1.54, 1.807) is 11.9 Å². The van der Waals surface area contributed by atoms with Crippen LogP contribution in [0, 0.1) is 12.3 Å². The second-order valence-corrected chi connectivity index (χ2v) is 7.57. The fourth-order valence-corrected chi connectivity index (χ4v) is 4.37. The minimum Gasteiger partial charge on any atom is -0.330 e. The van der Waals surface area contributed by atoms with E-state index in [9.17, 15) is 4.79 Å². The summed E-state index contributed by atoms with van der Waals surface area (Å²) in [6.07, 6.45) is 12.0. The minimum absolute atomic E-state index is 0.0111. The van der Waals surface area contributed by atoms with Gasteiger partial charge < -0.3 is 4.90 Å². The van der Waals surface area contributed by atoms with Crippen LogP contribution >= 0.6 is 11.3 Å². The number of thiophene rings is 1. The number of hydrogen-bond acceptors (Lipinski definition) is 2. The normalized spacial score (nSPS) is 15.0. The smallest absolute Gasteiger partial charge is 0.264 e. The SMILES string of the molecule is C#CCN(C)C(=O)c1ccc(-c2ccc(C3CCCCC3)cc2)s1. The molecule has 0 radical (unpaired) electrons. The molecular weight excluding hydrogens is 314 g/mol. The Labute approximate surface area is 148 Å². The molecule has 1 fully saturated rings. The van der Waals surface area contributed by atoms with Crippen molar-refractivity contribution >= 4 is 17.2 Å². The summed E-state index contributed by atoms with van der Waals surface area (Å²) >= 11 is 1.53. The predicted octanol–water partition coefficient (Wildman–Crippen LogP) is 5.17. The molecule has 24 heavy (non-hydrogen) atoms. The van der Waals surface area contributed by atoms with Crippen molar-refractivity contribution in [1.82, 2.24) is 4.90 Å². The second-order valence-electron chi connectivity index (χ2n) is 6.49. The van der Waals surface area contributed by atoms with E-state index >= 15 is 0 Å². The zero-order chi connectivity index (χ0) is 16.9. The van der Waals surface area contributed by atoms with E-state index in [4.69, 9.17) is 6.42 Å². The second kappa shape index (κ2) is 7.68. The molecule has 1 aromatic carbocycles. The van der Waals surface area contributed by atoms with Crippen molar-refractivity contribution in [1.29, 1.82) is 0 Å². The molecule has 0 N–H and O–H groups in total. The first kappa shape index (κ1) is 16.8. The van der Waals surface area contributed by atoms with E-state index in [1.165, 1.54) is 54.6 Å². The van der Waals surface area contributed by atoms with Crippen LogP contribution in [0.1, 0.15) is 53.3 Å². The van der Waals surface area contributed by atoms with Crippen LogP contribution in [0.5, 0.6) is 0 Å². The Kier molecular flexibility index (Phi) is 5.37. The molecule has 1 amide bonds. The van der Waals surface area contributed by atoms with Gasteiger partial charge in [-0.3, -0.25) is 4.79 Å². The lowest BCUT2D eigenvalue weighted by atomic mass is 9.84. The first-order valence-corrected chi connectivity index (χ1v) is 9.40. The third kappa shape index (κ3) is 3.71. The summed E-state index contributed by atoms with van der Waals surface area (Å²) in [4.78, 5) is 15.7. The number of nitrogens with zero attached hydrogens (tertiary/aromatic N) is 1. The van der Waals surface area contributed by atoms with Gasteiger partial charge in [0.25, 0.3) is 5.91 Å². The van der Waals surface area contributed by atoms with Gasteiger partial charge in [0.15, 0.2) is 0 Å². The van der Waals surface area contributed by atoms with Gasteiger partial charge in [0, 0.05) is 11.9 Å². The van der Waals surface area contributed by atoms with Crippen LogP contribution in [0.25, 0.3) is 10.4 Å². The fraction of sp³-hybridized carbons (Fsp3) is 0.381. The summed E-state index contributed by atoms with van der Waals surface area (Å²) in [7, 11) is 1.74. The van der Waals surface area contributed by atoms with Crippen LogP contribution in [0.4, 0.5) is 0 Å². The van der Waals surface area contributed by atoms with Crippen LogP contribution in [0.3, 0.4) is 0 Å². The molecule has 3 heteroatoms. The van der Waals surface area contributed by atoms with Crippen LogP contribution in [-0.4, -0.2) is 24.4 Å². The van der Waals surface area contributed by atoms with Gasteiger partial charge in [0.2, 0.25) is 0 Å². The summed E-state index contributed by atoms with van der Waals surface area (Å²) < 4.78 is 0. The lowest BCUT2D eigenvalue weighted by molar-refractivity contribution is 0.0817. The minimum atomic E-state index is -0.0111. The maximum absolute atomic E-state index is 12.3. The zero-order valence-electron chi connectivity index (χ0n) is 14.1. The highest BCUT2D eigenvalue weighted by Crippen LogP contribution is 2.34. The molecule has 1 saturated carbocycles. The summed E-state index contributed by atoms with van der Waals surface area (Å²) in [5.41, 5.74) is 2.64. The number of terminal acetylenes is 1. The summed E-state index contributed by atoms with van der Waals surface area (Å²) in [5, 5.41) is 0. The predicted molar refractivity (Wildman–Crippen MR) is 101 cm³/mol. The van der Waals surface area contributed by atoms with E-state index in [-0.39, 0.29) is 5.91 Å². The molecule has 124 valence electrons. The maximum atomic E-state index is 12.3. The monoisotopic (exact) mass is 337 g/mol. The molecule has 0 unspecified atom stereocenters. The molecule has 2 aromatic rings. The Bertz CT molecular complexity index is 732. The molecule has 1 aromatic heterocycles. The third-order valence-corrected chi connectivity index (χ3v) is 5.89. The van der Waals surface area contributed by atoms with Crippen LogP contribution in [0.15, 0.2) is 36.4 Å². The Hall–Kier alpha value is -2.05. The van der Waals surface area contributed by atoms with E-state index in [2.05, 4.69) is 30.2 Å². The van der Waals surface area contributed by atoms with E-state index in [0.717, 1.165) is 15.7 Å². The molecule has 1 aliphatic carbocycles. The van der Waals surface area contributed by atoms with Gasteiger partial charge >= 0.3 is 0 Å². The first-order valence-electron chi connectivity index (χ1n) is 8.58. The Morgan fingerprint density at radius 2 is 1.88 bits per heavy atom. The van der Waals surface area contributed by atoms with Gasteiger partial charge in [0.05, 0.1) is 11.4 Å². The molecule has 0 atom stereocenters. The third-order valence-electron chi connectivity index (χ3n) is 4.76. The van der Waals surface area contributed by atoms with Gasteiger partial charge in [0.1, 0.15) is 0 Å².